The van der Waals surface area contributed by atoms with E-state index in [9.17, 15) is 18.5 Å². The van der Waals surface area contributed by atoms with E-state index in [0.717, 1.165) is 16.4 Å². The molecule has 1 rings (SSSR count). The molecule has 0 aliphatic heterocycles. The van der Waals surface area contributed by atoms with E-state index >= 15 is 0 Å². The van der Waals surface area contributed by atoms with Gasteiger partial charge in [0.05, 0.1) is 4.92 Å². The van der Waals surface area contributed by atoms with Gasteiger partial charge in [-0.3, -0.25) is 10.1 Å². The monoisotopic (exact) mass is 341 g/mol. The molecule has 1 N–H and O–H groups in total. The van der Waals surface area contributed by atoms with Crippen LogP contribution < -0.4 is 5.32 Å². The SMILES string of the molecule is CNCCN(C)S(=O)(=O)c1ccc(Cl)c([N+](=O)[O-])c1Cl. The number of nitrogens with zero attached hydrogens (tertiary/aromatic N) is 2. The molecule has 0 aromatic heterocycles. The zero-order valence-corrected chi connectivity index (χ0v) is 13.1. The van der Waals surface area contributed by atoms with Gasteiger partial charge in [0, 0.05) is 20.1 Å². The van der Waals surface area contributed by atoms with Crippen LogP contribution in [-0.4, -0.2) is 44.8 Å². The Balaban J connectivity index is 3.33. The largest absolute Gasteiger partial charge is 0.318 e. The molecule has 20 heavy (non-hydrogen) atoms. The summed E-state index contributed by atoms with van der Waals surface area (Å²) in [5.41, 5.74) is -0.614. The third-order valence-corrected chi connectivity index (χ3v) is 5.28. The van der Waals surface area contributed by atoms with Crippen molar-refractivity contribution in [1.82, 2.24) is 9.62 Å². The number of hydrogen-bond acceptors (Lipinski definition) is 5. The molecule has 0 aliphatic rings. The van der Waals surface area contributed by atoms with Gasteiger partial charge in [-0.2, -0.15) is 4.31 Å². The number of likely N-dealkylation sites (N-methyl/N-ethyl adjacent to an activating group) is 2. The second kappa shape index (κ2) is 6.68. The van der Waals surface area contributed by atoms with Crippen molar-refractivity contribution in [1.29, 1.82) is 0 Å². The minimum Gasteiger partial charge on any atom is -0.318 e. The normalized spacial score (nSPS) is 11.8. The molecule has 0 amide bonds. The summed E-state index contributed by atoms with van der Waals surface area (Å²) >= 11 is 11.5. The first-order valence-electron chi connectivity index (χ1n) is 5.46. The second-order valence-electron chi connectivity index (χ2n) is 3.90. The average molecular weight is 342 g/mol. The van der Waals surface area contributed by atoms with Crippen LogP contribution in [0.2, 0.25) is 10.0 Å². The van der Waals surface area contributed by atoms with E-state index in [1.54, 1.807) is 7.05 Å². The second-order valence-corrected chi connectivity index (χ2v) is 6.69. The Bertz CT molecular complexity index is 621. The number of nitro benzene ring substituents is 1. The average Bonchev–Trinajstić information content (AvgIpc) is 2.34. The van der Waals surface area contributed by atoms with Crippen LogP contribution in [-0.2, 0) is 10.0 Å². The number of nitro groups is 1. The standard InChI is InChI=1S/C10H13Cl2N3O4S/c1-13-5-6-14(2)20(18,19)8-4-3-7(11)10(9(8)12)15(16)17/h3-4,13H,5-6H2,1-2H3. The van der Waals surface area contributed by atoms with Crippen molar-refractivity contribution in [2.45, 2.75) is 4.90 Å². The van der Waals surface area contributed by atoms with Gasteiger partial charge in [0.2, 0.25) is 10.0 Å². The molecule has 1 aromatic rings. The maximum atomic E-state index is 12.3. The Hall–Kier alpha value is -0.930. The molecule has 0 bridgehead atoms. The molecule has 7 nitrogen and oxygen atoms in total. The number of benzene rings is 1. The van der Waals surface area contributed by atoms with Gasteiger partial charge in [-0.05, 0) is 19.2 Å². The first-order chi connectivity index (χ1) is 9.23. The topological polar surface area (TPSA) is 92.6 Å². The molecule has 0 saturated heterocycles. The van der Waals surface area contributed by atoms with E-state index in [4.69, 9.17) is 23.2 Å². The summed E-state index contributed by atoms with van der Waals surface area (Å²) in [5, 5.41) is 13.0. The summed E-state index contributed by atoms with van der Waals surface area (Å²) in [6.07, 6.45) is 0. The van der Waals surface area contributed by atoms with Crippen LogP contribution in [0.25, 0.3) is 0 Å². The van der Waals surface area contributed by atoms with Crippen LogP contribution in [0.3, 0.4) is 0 Å². The van der Waals surface area contributed by atoms with Crippen LogP contribution in [0.5, 0.6) is 0 Å². The molecule has 0 heterocycles. The van der Waals surface area contributed by atoms with Crippen LogP contribution >= 0.6 is 23.2 Å². The zero-order valence-electron chi connectivity index (χ0n) is 10.8. The number of nitrogens with one attached hydrogen (secondary N) is 1. The number of hydrogen-bond donors (Lipinski definition) is 1. The summed E-state index contributed by atoms with van der Waals surface area (Å²) in [5.74, 6) is 0. The molecule has 112 valence electrons. The van der Waals surface area contributed by atoms with Crippen molar-refractivity contribution in [3.63, 3.8) is 0 Å². The molecule has 0 radical (unpaired) electrons. The van der Waals surface area contributed by atoms with Crippen LogP contribution in [0.1, 0.15) is 0 Å². The first kappa shape index (κ1) is 17.1. The molecule has 0 atom stereocenters. The number of rotatable bonds is 6. The summed E-state index contributed by atoms with van der Waals surface area (Å²) in [6, 6.07) is 2.30. The lowest BCUT2D eigenvalue weighted by Crippen LogP contribution is -2.33. The summed E-state index contributed by atoms with van der Waals surface area (Å²) in [7, 11) is -0.871. The summed E-state index contributed by atoms with van der Waals surface area (Å²) < 4.78 is 25.6. The molecule has 10 heteroatoms. The van der Waals surface area contributed by atoms with Crippen molar-refractivity contribution in [2.24, 2.45) is 0 Å². The minimum atomic E-state index is -3.92. The number of halogens is 2. The smallest absolute Gasteiger partial charge is 0.307 e. The predicted octanol–water partition coefficient (Wildman–Crippen LogP) is 1.74. The van der Waals surface area contributed by atoms with Gasteiger partial charge >= 0.3 is 5.69 Å². The van der Waals surface area contributed by atoms with Gasteiger partial charge < -0.3 is 5.32 Å². The predicted molar refractivity (Wildman–Crippen MR) is 76.9 cm³/mol. The number of sulfonamides is 1. The van der Waals surface area contributed by atoms with E-state index in [0.29, 0.717) is 6.54 Å². The van der Waals surface area contributed by atoms with Gasteiger partial charge in [-0.1, -0.05) is 23.2 Å². The molecule has 0 unspecified atom stereocenters. The van der Waals surface area contributed by atoms with Crippen molar-refractivity contribution >= 4 is 38.9 Å². The first-order valence-corrected chi connectivity index (χ1v) is 7.66. The Kier molecular flexibility index (Phi) is 5.72. The molecule has 0 fully saturated rings. The lowest BCUT2D eigenvalue weighted by atomic mass is 10.3. The van der Waals surface area contributed by atoms with E-state index in [1.807, 2.05) is 0 Å². The summed E-state index contributed by atoms with van der Waals surface area (Å²) in [4.78, 5) is 9.73. The lowest BCUT2D eigenvalue weighted by Gasteiger charge is -2.17. The fraction of sp³-hybridized carbons (Fsp3) is 0.400. The van der Waals surface area contributed by atoms with E-state index in [2.05, 4.69) is 5.32 Å². The molecule has 0 saturated carbocycles. The Morgan fingerprint density at radius 2 is 2.00 bits per heavy atom. The molecule has 0 spiro atoms. The maximum Gasteiger partial charge on any atom is 0.307 e. The lowest BCUT2D eigenvalue weighted by molar-refractivity contribution is -0.384. The molecule has 0 aliphatic carbocycles. The highest BCUT2D eigenvalue weighted by atomic mass is 35.5. The maximum absolute atomic E-state index is 12.3. The summed E-state index contributed by atoms with van der Waals surface area (Å²) in [6.45, 7) is 0.634. The highest BCUT2D eigenvalue weighted by molar-refractivity contribution is 7.89. The van der Waals surface area contributed by atoms with E-state index < -0.39 is 25.7 Å². The molecular weight excluding hydrogens is 329 g/mol. The fourth-order valence-corrected chi connectivity index (χ4v) is 3.48. The van der Waals surface area contributed by atoms with Gasteiger partial charge in [0.25, 0.3) is 0 Å². The van der Waals surface area contributed by atoms with E-state index in [-0.39, 0.29) is 16.5 Å². The van der Waals surface area contributed by atoms with Crippen LogP contribution in [0, 0.1) is 10.1 Å². The third-order valence-electron chi connectivity index (χ3n) is 2.58. The van der Waals surface area contributed by atoms with Crippen molar-refractivity contribution in [3.8, 4) is 0 Å². The highest BCUT2D eigenvalue weighted by Gasteiger charge is 2.30. The van der Waals surface area contributed by atoms with Gasteiger partial charge in [-0.25, -0.2) is 8.42 Å². The van der Waals surface area contributed by atoms with E-state index in [1.165, 1.54) is 7.05 Å². The fourth-order valence-electron chi connectivity index (χ4n) is 1.45. The van der Waals surface area contributed by atoms with Gasteiger partial charge in [0.15, 0.2) is 0 Å². The third kappa shape index (κ3) is 3.39. The highest BCUT2D eigenvalue weighted by Crippen LogP contribution is 2.37. The van der Waals surface area contributed by atoms with Crippen molar-refractivity contribution in [3.05, 3.63) is 32.3 Å². The quantitative estimate of drug-likeness (QED) is 0.628. The van der Waals surface area contributed by atoms with Gasteiger partial charge in [0.1, 0.15) is 14.9 Å². The van der Waals surface area contributed by atoms with Crippen molar-refractivity contribution < 1.29 is 13.3 Å². The molecular formula is C10H13Cl2N3O4S. The van der Waals surface area contributed by atoms with Crippen LogP contribution in [0.4, 0.5) is 5.69 Å². The Labute approximate surface area is 126 Å². The molecule has 1 aromatic carbocycles. The van der Waals surface area contributed by atoms with Gasteiger partial charge in [-0.15, -0.1) is 0 Å². The van der Waals surface area contributed by atoms with Crippen molar-refractivity contribution in [2.75, 3.05) is 27.2 Å². The zero-order chi connectivity index (χ0) is 15.5. The minimum absolute atomic E-state index is 0.200. The Morgan fingerprint density at radius 3 is 2.50 bits per heavy atom. The van der Waals surface area contributed by atoms with Crippen LogP contribution in [0.15, 0.2) is 17.0 Å². The Morgan fingerprint density at radius 1 is 1.40 bits per heavy atom.